The number of anilines is 1. The predicted octanol–water partition coefficient (Wildman–Crippen LogP) is 3.85. The zero-order valence-electron chi connectivity index (χ0n) is 12.8. The lowest BCUT2D eigenvalue weighted by molar-refractivity contribution is -0.125. The number of halogens is 2. The maximum absolute atomic E-state index is 12.4. The molecule has 0 spiro atoms. The average Bonchev–Trinajstić information content (AvgIpc) is 3.23. The molecular formula is C17H12Cl2N2O4. The Kier molecular flexibility index (Phi) is 4.15. The lowest BCUT2D eigenvalue weighted by Crippen LogP contribution is -2.28. The quantitative estimate of drug-likeness (QED) is 0.880. The number of oxime groups is 1. The molecule has 0 aliphatic carbocycles. The summed E-state index contributed by atoms with van der Waals surface area (Å²) in [6.07, 6.45) is -0.412. The van der Waals surface area contributed by atoms with Crippen molar-refractivity contribution in [2.75, 3.05) is 12.1 Å². The predicted molar refractivity (Wildman–Crippen MR) is 93.7 cm³/mol. The maximum atomic E-state index is 12.4. The molecule has 2 aliphatic heterocycles. The zero-order valence-corrected chi connectivity index (χ0v) is 14.3. The summed E-state index contributed by atoms with van der Waals surface area (Å²) in [6.45, 7) is 0.178. The second-order valence-electron chi connectivity index (χ2n) is 5.52. The van der Waals surface area contributed by atoms with Gasteiger partial charge in [0.05, 0.1) is 10.7 Å². The molecule has 25 heavy (non-hydrogen) atoms. The monoisotopic (exact) mass is 378 g/mol. The van der Waals surface area contributed by atoms with Gasteiger partial charge in [-0.25, -0.2) is 0 Å². The van der Waals surface area contributed by atoms with Crippen LogP contribution in [0.2, 0.25) is 10.0 Å². The number of amides is 1. The number of fused-ring (bicyclic) bond motifs is 1. The normalized spacial score (nSPS) is 17.8. The van der Waals surface area contributed by atoms with E-state index in [9.17, 15) is 4.79 Å². The zero-order chi connectivity index (χ0) is 17.4. The summed E-state index contributed by atoms with van der Waals surface area (Å²) in [5.74, 6) is 0.941. The molecule has 6 nitrogen and oxygen atoms in total. The first kappa shape index (κ1) is 16.1. The third kappa shape index (κ3) is 3.23. The van der Waals surface area contributed by atoms with Crippen LogP contribution < -0.4 is 14.8 Å². The van der Waals surface area contributed by atoms with E-state index in [0.29, 0.717) is 44.9 Å². The molecule has 1 atom stereocenters. The van der Waals surface area contributed by atoms with Gasteiger partial charge in [0, 0.05) is 28.8 Å². The van der Waals surface area contributed by atoms with E-state index in [2.05, 4.69) is 10.5 Å². The number of benzene rings is 2. The molecule has 0 fully saturated rings. The molecule has 0 aromatic heterocycles. The summed E-state index contributed by atoms with van der Waals surface area (Å²) in [7, 11) is 0. The van der Waals surface area contributed by atoms with Crippen LogP contribution in [-0.4, -0.2) is 24.5 Å². The Labute approximate surface area is 153 Å². The molecule has 2 aromatic carbocycles. The molecule has 2 aromatic rings. The number of ether oxygens (including phenoxy) is 2. The van der Waals surface area contributed by atoms with Crippen LogP contribution in [0.4, 0.5) is 5.69 Å². The lowest BCUT2D eigenvalue weighted by atomic mass is 10.0. The van der Waals surface area contributed by atoms with E-state index in [4.69, 9.17) is 37.5 Å². The van der Waals surface area contributed by atoms with Crippen molar-refractivity contribution in [3.63, 3.8) is 0 Å². The first-order valence-corrected chi connectivity index (χ1v) is 8.24. The molecule has 0 radical (unpaired) electrons. The highest BCUT2D eigenvalue weighted by Crippen LogP contribution is 2.34. The summed E-state index contributed by atoms with van der Waals surface area (Å²) in [6, 6.07) is 10.3. The Bertz CT molecular complexity index is 885. The summed E-state index contributed by atoms with van der Waals surface area (Å²) in [4.78, 5) is 17.7. The summed E-state index contributed by atoms with van der Waals surface area (Å²) < 4.78 is 10.5. The number of carbonyl (C=O) groups excluding carboxylic acids is 1. The standard InChI is InChI=1S/C17H12Cl2N2O4/c18-9-1-3-11(12(19)5-9)13-7-16(25-21-13)17(22)20-10-2-4-14-15(6-10)24-8-23-14/h1-6,16H,7-8H2,(H,20,22)/t16-/m1/s1. The molecular weight excluding hydrogens is 367 g/mol. The Morgan fingerprint density at radius 1 is 1.12 bits per heavy atom. The summed E-state index contributed by atoms with van der Waals surface area (Å²) in [5.41, 5.74) is 1.90. The molecule has 0 unspecified atom stereocenters. The third-order valence-electron chi connectivity index (χ3n) is 3.84. The van der Waals surface area contributed by atoms with Crippen LogP contribution in [0.1, 0.15) is 12.0 Å². The SMILES string of the molecule is O=C(Nc1ccc2c(c1)OCO2)[C@H]1CC(c2ccc(Cl)cc2Cl)=NO1. The van der Waals surface area contributed by atoms with Gasteiger partial charge in [-0.05, 0) is 24.3 Å². The Morgan fingerprint density at radius 3 is 2.80 bits per heavy atom. The maximum Gasteiger partial charge on any atom is 0.268 e. The topological polar surface area (TPSA) is 69.2 Å². The molecule has 1 amide bonds. The van der Waals surface area contributed by atoms with E-state index in [1.807, 2.05) is 0 Å². The van der Waals surface area contributed by atoms with Crippen molar-refractivity contribution >= 4 is 40.5 Å². The van der Waals surface area contributed by atoms with Crippen molar-refractivity contribution in [2.24, 2.45) is 5.16 Å². The van der Waals surface area contributed by atoms with Crippen molar-refractivity contribution in [2.45, 2.75) is 12.5 Å². The van der Waals surface area contributed by atoms with Gasteiger partial charge < -0.3 is 19.6 Å². The van der Waals surface area contributed by atoms with Crippen LogP contribution in [0.15, 0.2) is 41.6 Å². The van der Waals surface area contributed by atoms with E-state index in [1.165, 1.54) is 0 Å². The fourth-order valence-electron chi connectivity index (χ4n) is 2.60. The molecule has 128 valence electrons. The Balaban J connectivity index is 1.43. The minimum atomic E-state index is -0.729. The fourth-order valence-corrected chi connectivity index (χ4v) is 3.12. The van der Waals surface area contributed by atoms with E-state index in [1.54, 1.807) is 36.4 Å². The Morgan fingerprint density at radius 2 is 1.96 bits per heavy atom. The van der Waals surface area contributed by atoms with Crippen LogP contribution in [0, 0.1) is 0 Å². The molecule has 8 heteroatoms. The highest BCUT2D eigenvalue weighted by atomic mass is 35.5. The van der Waals surface area contributed by atoms with Crippen LogP contribution >= 0.6 is 23.2 Å². The van der Waals surface area contributed by atoms with Gasteiger partial charge >= 0.3 is 0 Å². The van der Waals surface area contributed by atoms with Crippen LogP contribution in [0.25, 0.3) is 0 Å². The largest absolute Gasteiger partial charge is 0.454 e. The molecule has 0 saturated carbocycles. The number of hydrogen-bond donors (Lipinski definition) is 1. The minimum absolute atomic E-state index is 0.178. The molecule has 1 N–H and O–H groups in total. The Hall–Kier alpha value is -2.44. The van der Waals surface area contributed by atoms with Gasteiger partial charge in [0.2, 0.25) is 12.9 Å². The molecule has 2 aliphatic rings. The van der Waals surface area contributed by atoms with Gasteiger partial charge in [0.25, 0.3) is 5.91 Å². The van der Waals surface area contributed by atoms with Gasteiger partial charge in [-0.2, -0.15) is 0 Å². The highest BCUT2D eigenvalue weighted by molar-refractivity contribution is 6.37. The van der Waals surface area contributed by atoms with Gasteiger partial charge in [-0.15, -0.1) is 0 Å². The van der Waals surface area contributed by atoms with Crippen molar-refractivity contribution in [3.05, 3.63) is 52.0 Å². The van der Waals surface area contributed by atoms with E-state index in [0.717, 1.165) is 0 Å². The van der Waals surface area contributed by atoms with E-state index in [-0.39, 0.29) is 12.7 Å². The second kappa shape index (κ2) is 6.46. The smallest absolute Gasteiger partial charge is 0.268 e. The minimum Gasteiger partial charge on any atom is -0.454 e. The average molecular weight is 379 g/mol. The van der Waals surface area contributed by atoms with Gasteiger partial charge in [0.1, 0.15) is 0 Å². The lowest BCUT2D eigenvalue weighted by Gasteiger charge is -2.10. The van der Waals surface area contributed by atoms with Crippen molar-refractivity contribution in [1.29, 1.82) is 0 Å². The highest BCUT2D eigenvalue weighted by Gasteiger charge is 2.30. The van der Waals surface area contributed by atoms with Crippen LogP contribution in [-0.2, 0) is 9.63 Å². The molecule has 2 heterocycles. The van der Waals surface area contributed by atoms with Crippen LogP contribution in [0.3, 0.4) is 0 Å². The summed E-state index contributed by atoms with van der Waals surface area (Å²) in [5, 5.41) is 7.76. The van der Waals surface area contributed by atoms with E-state index >= 15 is 0 Å². The van der Waals surface area contributed by atoms with E-state index < -0.39 is 6.10 Å². The first-order valence-electron chi connectivity index (χ1n) is 7.49. The summed E-state index contributed by atoms with van der Waals surface area (Å²) >= 11 is 12.1. The van der Waals surface area contributed by atoms with Crippen molar-refractivity contribution in [3.8, 4) is 11.5 Å². The first-order chi connectivity index (χ1) is 12.1. The number of nitrogens with zero attached hydrogens (tertiary/aromatic N) is 1. The van der Waals surface area contributed by atoms with Gasteiger partial charge in [0.15, 0.2) is 11.5 Å². The number of carbonyl (C=O) groups is 1. The molecule has 4 rings (SSSR count). The fraction of sp³-hybridized carbons (Fsp3) is 0.176. The van der Waals surface area contributed by atoms with Gasteiger partial charge in [-0.3, -0.25) is 4.79 Å². The number of hydrogen-bond acceptors (Lipinski definition) is 5. The molecule has 0 saturated heterocycles. The molecule has 0 bridgehead atoms. The van der Waals surface area contributed by atoms with Gasteiger partial charge in [-0.1, -0.05) is 34.4 Å². The van der Waals surface area contributed by atoms with Crippen molar-refractivity contribution in [1.82, 2.24) is 0 Å². The second-order valence-corrected chi connectivity index (χ2v) is 6.36. The third-order valence-corrected chi connectivity index (χ3v) is 4.39. The van der Waals surface area contributed by atoms with Crippen molar-refractivity contribution < 1.29 is 19.1 Å². The number of rotatable bonds is 3. The number of nitrogens with one attached hydrogen (secondary N) is 1. The van der Waals surface area contributed by atoms with Crippen LogP contribution in [0.5, 0.6) is 11.5 Å².